The van der Waals surface area contributed by atoms with Crippen molar-refractivity contribution in [2.24, 2.45) is 5.92 Å². The summed E-state index contributed by atoms with van der Waals surface area (Å²) in [6, 6.07) is 7.82. The van der Waals surface area contributed by atoms with Crippen molar-refractivity contribution in [2.45, 2.75) is 50.3 Å². The van der Waals surface area contributed by atoms with E-state index in [0.29, 0.717) is 24.4 Å². The minimum absolute atomic E-state index is 0.212. The van der Waals surface area contributed by atoms with Gasteiger partial charge < -0.3 is 10.0 Å². The average molecular weight is 263 g/mol. The van der Waals surface area contributed by atoms with Crippen LogP contribution < -0.4 is 0 Å². The number of halogens is 1. The van der Waals surface area contributed by atoms with Gasteiger partial charge in [0.25, 0.3) is 0 Å². The molecule has 3 rings (SSSR count). The first kappa shape index (κ1) is 13.1. The van der Waals surface area contributed by atoms with E-state index in [-0.39, 0.29) is 11.9 Å². The number of benzene rings is 1. The van der Waals surface area contributed by atoms with E-state index in [9.17, 15) is 9.50 Å². The van der Waals surface area contributed by atoms with Gasteiger partial charge in [-0.3, -0.25) is 0 Å². The smallest absolute Gasteiger partial charge is 0.123 e. The first-order valence-electron chi connectivity index (χ1n) is 7.28. The molecule has 3 heteroatoms. The van der Waals surface area contributed by atoms with Crippen LogP contribution in [-0.2, 0) is 6.42 Å². The molecule has 3 atom stereocenters. The molecule has 2 saturated heterocycles. The first-order chi connectivity index (χ1) is 9.13. The summed E-state index contributed by atoms with van der Waals surface area (Å²) >= 11 is 0. The molecule has 2 bridgehead atoms. The highest BCUT2D eigenvalue weighted by molar-refractivity contribution is 5.17. The van der Waals surface area contributed by atoms with Gasteiger partial charge in [0.05, 0.1) is 6.10 Å². The molecular formula is C16H22FNO. The summed E-state index contributed by atoms with van der Waals surface area (Å²) in [5.41, 5.74) is 1.03. The van der Waals surface area contributed by atoms with Gasteiger partial charge in [-0.2, -0.15) is 0 Å². The van der Waals surface area contributed by atoms with E-state index < -0.39 is 0 Å². The number of nitrogens with zero attached hydrogens (tertiary/aromatic N) is 1. The lowest BCUT2D eigenvalue weighted by Crippen LogP contribution is -2.43. The molecule has 2 aliphatic heterocycles. The molecule has 104 valence electrons. The molecule has 2 fully saturated rings. The van der Waals surface area contributed by atoms with Crippen LogP contribution in [0, 0.1) is 11.7 Å². The molecule has 1 N–H and O–H groups in total. The quantitative estimate of drug-likeness (QED) is 0.906. The van der Waals surface area contributed by atoms with Gasteiger partial charge in [-0.1, -0.05) is 12.1 Å². The van der Waals surface area contributed by atoms with Crippen molar-refractivity contribution in [2.75, 3.05) is 7.05 Å². The third-order valence-electron chi connectivity index (χ3n) is 5.04. The Morgan fingerprint density at radius 1 is 1.21 bits per heavy atom. The van der Waals surface area contributed by atoms with Crippen LogP contribution in [0.15, 0.2) is 24.3 Å². The molecule has 1 aromatic rings. The summed E-state index contributed by atoms with van der Waals surface area (Å²) in [5, 5.41) is 10.4. The van der Waals surface area contributed by atoms with Crippen LogP contribution in [0.3, 0.4) is 0 Å². The van der Waals surface area contributed by atoms with Crippen molar-refractivity contribution in [1.29, 1.82) is 0 Å². The molecule has 0 aliphatic carbocycles. The van der Waals surface area contributed by atoms with Crippen molar-refractivity contribution in [1.82, 2.24) is 4.90 Å². The van der Waals surface area contributed by atoms with Crippen molar-refractivity contribution < 1.29 is 9.50 Å². The second kappa shape index (κ2) is 5.22. The number of fused-ring (bicyclic) bond motifs is 2. The largest absolute Gasteiger partial charge is 0.392 e. The Balaban J connectivity index is 1.62. The average Bonchev–Trinajstić information content (AvgIpc) is 2.64. The summed E-state index contributed by atoms with van der Waals surface area (Å²) in [7, 11) is 2.21. The van der Waals surface area contributed by atoms with Gasteiger partial charge in [-0.05, 0) is 62.8 Å². The van der Waals surface area contributed by atoms with E-state index in [2.05, 4.69) is 11.9 Å². The normalized spacial score (nSPS) is 32.5. The maximum absolute atomic E-state index is 12.9. The Morgan fingerprint density at radius 2 is 1.79 bits per heavy atom. The third-order valence-corrected chi connectivity index (χ3v) is 5.04. The first-order valence-corrected chi connectivity index (χ1v) is 7.28. The van der Waals surface area contributed by atoms with Crippen LogP contribution >= 0.6 is 0 Å². The molecule has 2 heterocycles. The Labute approximate surface area is 114 Å². The second-order valence-electron chi connectivity index (χ2n) is 6.18. The van der Waals surface area contributed by atoms with E-state index in [0.717, 1.165) is 18.4 Å². The number of hydrogen-bond acceptors (Lipinski definition) is 2. The number of aliphatic hydroxyl groups excluding tert-OH is 1. The van der Waals surface area contributed by atoms with Gasteiger partial charge in [0.2, 0.25) is 0 Å². The SMILES string of the molecule is CN1C2CCC1CC(C(O)Cc1ccc(F)cc1)C2. The Bertz CT molecular complexity index is 419. The molecule has 2 nitrogen and oxygen atoms in total. The number of rotatable bonds is 3. The Kier molecular flexibility index (Phi) is 3.59. The van der Waals surface area contributed by atoms with E-state index in [1.165, 1.54) is 25.0 Å². The lowest BCUT2D eigenvalue weighted by atomic mass is 9.84. The van der Waals surface area contributed by atoms with Crippen LogP contribution in [0.4, 0.5) is 4.39 Å². The van der Waals surface area contributed by atoms with Crippen LogP contribution in [0.25, 0.3) is 0 Å². The number of aliphatic hydroxyl groups is 1. The lowest BCUT2D eigenvalue weighted by molar-refractivity contribution is 0.0368. The molecule has 0 spiro atoms. The van der Waals surface area contributed by atoms with Crippen LogP contribution in [0.1, 0.15) is 31.2 Å². The van der Waals surface area contributed by atoms with Crippen molar-refractivity contribution >= 4 is 0 Å². The zero-order valence-corrected chi connectivity index (χ0v) is 11.4. The predicted octanol–water partition coefficient (Wildman–Crippen LogP) is 2.60. The van der Waals surface area contributed by atoms with Crippen molar-refractivity contribution in [3.8, 4) is 0 Å². The zero-order valence-electron chi connectivity index (χ0n) is 11.4. The molecule has 19 heavy (non-hydrogen) atoms. The summed E-state index contributed by atoms with van der Waals surface area (Å²) in [5.74, 6) is 0.189. The van der Waals surface area contributed by atoms with Crippen LogP contribution in [-0.4, -0.2) is 35.2 Å². The fourth-order valence-corrected chi connectivity index (χ4v) is 3.80. The highest BCUT2D eigenvalue weighted by Gasteiger charge is 2.40. The Morgan fingerprint density at radius 3 is 2.37 bits per heavy atom. The van der Waals surface area contributed by atoms with Gasteiger partial charge in [0.1, 0.15) is 5.82 Å². The highest BCUT2D eigenvalue weighted by Crippen LogP contribution is 2.39. The maximum atomic E-state index is 12.9. The van der Waals surface area contributed by atoms with Crippen LogP contribution in [0.5, 0.6) is 0 Å². The summed E-state index contributed by atoms with van der Waals surface area (Å²) in [6.07, 6.45) is 5.13. The van der Waals surface area contributed by atoms with E-state index in [1.54, 1.807) is 12.1 Å². The van der Waals surface area contributed by atoms with Gasteiger partial charge in [0, 0.05) is 12.1 Å². The topological polar surface area (TPSA) is 23.5 Å². The predicted molar refractivity (Wildman–Crippen MR) is 73.4 cm³/mol. The number of piperidine rings is 1. The standard InChI is InChI=1S/C16H22FNO/c1-18-14-6-7-15(18)10-12(9-14)16(19)8-11-2-4-13(17)5-3-11/h2-5,12,14-16,19H,6-10H2,1H3. The monoisotopic (exact) mass is 263 g/mol. The van der Waals surface area contributed by atoms with Gasteiger partial charge in [-0.25, -0.2) is 4.39 Å². The molecule has 0 amide bonds. The van der Waals surface area contributed by atoms with Gasteiger partial charge in [-0.15, -0.1) is 0 Å². The molecule has 3 unspecified atom stereocenters. The minimum atomic E-state index is -0.290. The molecule has 1 aromatic carbocycles. The zero-order chi connectivity index (χ0) is 13.4. The van der Waals surface area contributed by atoms with Gasteiger partial charge in [0.15, 0.2) is 0 Å². The Hall–Kier alpha value is -0.930. The van der Waals surface area contributed by atoms with Crippen molar-refractivity contribution in [3.05, 3.63) is 35.6 Å². The molecular weight excluding hydrogens is 241 g/mol. The van der Waals surface area contributed by atoms with E-state index in [1.807, 2.05) is 0 Å². The molecule has 0 radical (unpaired) electrons. The van der Waals surface area contributed by atoms with Gasteiger partial charge >= 0.3 is 0 Å². The summed E-state index contributed by atoms with van der Waals surface area (Å²) in [6.45, 7) is 0. The molecule has 0 saturated carbocycles. The molecule has 2 aliphatic rings. The summed E-state index contributed by atoms with van der Waals surface area (Å²) in [4.78, 5) is 2.49. The number of hydrogen-bond donors (Lipinski definition) is 1. The van der Waals surface area contributed by atoms with E-state index in [4.69, 9.17) is 0 Å². The third kappa shape index (κ3) is 2.67. The van der Waals surface area contributed by atoms with E-state index >= 15 is 0 Å². The second-order valence-corrected chi connectivity index (χ2v) is 6.18. The van der Waals surface area contributed by atoms with Crippen LogP contribution in [0.2, 0.25) is 0 Å². The highest BCUT2D eigenvalue weighted by atomic mass is 19.1. The summed E-state index contributed by atoms with van der Waals surface area (Å²) < 4.78 is 12.9. The molecule has 0 aromatic heterocycles. The fourth-order valence-electron chi connectivity index (χ4n) is 3.80. The lowest BCUT2D eigenvalue weighted by Gasteiger charge is -2.38. The fraction of sp³-hybridized carbons (Fsp3) is 0.625. The van der Waals surface area contributed by atoms with Crippen molar-refractivity contribution in [3.63, 3.8) is 0 Å². The maximum Gasteiger partial charge on any atom is 0.123 e. The minimum Gasteiger partial charge on any atom is -0.392 e.